The second-order valence-electron chi connectivity index (χ2n) is 3.52. The van der Waals surface area contributed by atoms with Crippen molar-refractivity contribution in [2.75, 3.05) is 39.5 Å². The highest BCUT2D eigenvalue weighted by atomic mass is 16.5. The Morgan fingerprint density at radius 1 is 1.46 bits per heavy atom. The van der Waals surface area contributed by atoms with Gasteiger partial charge in [0.05, 0.1) is 19.8 Å². The number of amides is 1. The first kappa shape index (κ1) is 8.93. The fourth-order valence-corrected chi connectivity index (χ4v) is 1.88. The van der Waals surface area contributed by atoms with Crippen molar-refractivity contribution in [2.45, 2.75) is 5.54 Å². The average Bonchev–Trinajstić information content (AvgIpc) is 2.18. The highest BCUT2D eigenvalue weighted by molar-refractivity contribution is 5.79. The SMILES string of the molecule is NC[C@]12COCCN1C(=O)COC2. The monoisotopic (exact) mass is 186 g/mol. The third-order valence-electron chi connectivity index (χ3n) is 2.68. The fraction of sp³-hybridized carbons (Fsp3) is 0.875. The summed E-state index contributed by atoms with van der Waals surface area (Å²) in [6, 6.07) is 0. The zero-order chi connectivity index (χ0) is 9.31. The van der Waals surface area contributed by atoms with Gasteiger partial charge >= 0.3 is 0 Å². The Morgan fingerprint density at radius 3 is 2.92 bits per heavy atom. The molecule has 0 unspecified atom stereocenters. The molecule has 2 aliphatic rings. The molecule has 5 heteroatoms. The Kier molecular flexibility index (Phi) is 2.23. The lowest BCUT2D eigenvalue weighted by Gasteiger charge is -2.48. The first-order chi connectivity index (χ1) is 6.28. The summed E-state index contributed by atoms with van der Waals surface area (Å²) >= 11 is 0. The lowest BCUT2D eigenvalue weighted by atomic mass is 9.96. The predicted molar refractivity (Wildman–Crippen MR) is 45.1 cm³/mol. The number of hydrogen-bond donors (Lipinski definition) is 1. The average molecular weight is 186 g/mol. The fourth-order valence-electron chi connectivity index (χ4n) is 1.88. The van der Waals surface area contributed by atoms with Crippen molar-refractivity contribution in [1.29, 1.82) is 0 Å². The van der Waals surface area contributed by atoms with Gasteiger partial charge in [0, 0.05) is 13.1 Å². The minimum absolute atomic E-state index is 0.0278. The largest absolute Gasteiger partial charge is 0.377 e. The van der Waals surface area contributed by atoms with E-state index in [9.17, 15) is 4.79 Å². The second-order valence-corrected chi connectivity index (χ2v) is 3.52. The highest BCUT2D eigenvalue weighted by Gasteiger charge is 2.44. The van der Waals surface area contributed by atoms with Gasteiger partial charge in [0.2, 0.25) is 5.91 Å². The zero-order valence-electron chi connectivity index (χ0n) is 7.49. The number of morpholine rings is 2. The van der Waals surface area contributed by atoms with E-state index in [4.69, 9.17) is 15.2 Å². The minimum Gasteiger partial charge on any atom is -0.377 e. The maximum absolute atomic E-state index is 11.5. The quantitative estimate of drug-likeness (QED) is 0.545. The molecule has 0 aromatic rings. The summed E-state index contributed by atoms with van der Waals surface area (Å²) in [5.41, 5.74) is 5.26. The van der Waals surface area contributed by atoms with Crippen LogP contribution in [0.1, 0.15) is 0 Å². The smallest absolute Gasteiger partial charge is 0.249 e. The molecule has 0 spiro atoms. The molecule has 0 aromatic heterocycles. The van der Waals surface area contributed by atoms with Gasteiger partial charge in [0.25, 0.3) is 0 Å². The normalized spacial score (nSPS) is 34.5. The van der Waals surface area contributed by atoms with Crippen LogP contribution in [0.3, 0.4) is 0 Å². The summed E-state index contributed by atoms with van der Waals surface area (Å²) in [4.78, 5) is 13.3. The molecule has 13 heavy (non-hydrogen) atoms. The Labute approximate surface area is 76.8 Å². The molecule has 0 radical (unpaired) electrons. The maximum atomic E-state index is 11.5. The van der Waals surface area contributed by atoms with Gasteiger partial charge in [0.1, 0.15) is 12.1 Å². The lowest BCUT2D eigenvalue weighted by Crippen LogP contribution is -2.68. The van der Waals surface area contributed by atoms with E-state index >= 15 is 0 Å². The summed E-state index contributed by atoms with van der Waals surface area (Å²) in [5.74, 6) is 0.0278. The summed E-state index contributed by atoms with van der Waals surface area (Å²) < 4.78 is 10.5. The van der Waals surface area contributed by atoms with Crippen LogP contribution >= 0.6 is 0 Å². The maximum Gasteiger partial charge on any atom is 0.249 e. The van der Waals surface area contributed by atoms with E-state index in [0.717, 1.165) is 0 Å². The van der Waals surface area contributed by atoms with Crippen LogP contribution in [0.25, 0.3) is 0 Å². The Balaban J connectivity index is 2.21. The van der Waals surface area contributed by atoms with Gasteiger partial charge in [-0.05, 0) is 0 Å². The zero-order valence-corrected chi connectivity index (χ0v) is 7.49. The van der Waals surface area contributed by atoms with Crippen molar-refractivity contribution in [3.05, 3.63) is 0 Å². The van der Waals surface area contributed by atoms with E-state index in [1.54, 1.807) is 4.90 Å². The van der Waals surface area contributed by atoms with Crippen molar-refractivity contribution in [3.63, 3.8) is 0 Å². The van der Waals surface area contributed by atoms with Gasteiger partial charge in [-0.2, -0.15) is 0 Å². The van der Waals surface area contributed by atoms with E-state index in [-0.39, 0.29) is 12.5 Å². The van der Waals surface area contributed by atoms with Crippen molar-refractivity contribution < 1.29 is 14.3 Å². The first-order valence-corrected chi connectivity index (χ1v) is 4.44. The number of nitrogens with two attached hydrogens (primary N) is 1. The van der Waals surface area contributed by atoms with E-state index < -0.39 is 5.54 Å². The van der Waals surface area contributed by atoms with Crippen LogP contribution in [-0.4, -0.2) is 55.9 Å². The van der Waals surface area contributed by atoms with Crippen LogP contribution in [0.15, 0.2) is 0 Å². The van der Waals surface area contributed by atoms with Gasteiger partial charge in [-0.1, -0.05) is 0 Å². The molecule has 0 aromatic carbocycles. The molecule has 5 nitrogen and oxygen atoms in total. The summed E-state index contributed by atoms with van der Waals surface area (Å²) in [5, 5.41) is 0. The van der Waals surface area contributed by atoms with Crippen LogP contribution in [0.5, 0.6) is 0 Å². The Morgan fingerprint density at radius 2 is 2.23 bits per heavy atom. The van der Waals surface area contributed by atoms with Crippen molar-refractivity contribution in [2.24, 2.45) is 5.73 Å². The van der Waals surface area contributed by atoms with E-state index in [1.165, 1.54) is 0 Å². The molecule has 1 atom stereocenters. The predicted octanol–water partition coefficient (Wildman–Crippen LogP) is -1.43. The van der Waals surface area contributed by atoms with Crippen LogP contribution in [0.2, 0.25) is 0 Å². The van der Waals surface area contributed by atoms with Crippen molar-refractivity contribution in [3.8, 4) is 0 Å². The van der Waals surface area contributed by atoms with E-state index in [0.29, 0.717) is 32.9 Å². The topological polar surface area (TPSA) is 64.8 Å². The number of nitrogens with zero attached hydrogens (tertiary/aromatic N) is 1. The molecule has 0 saturated carbocycles. The summed E-state index contributed by atoms with van der Waals surface area (Å²) in [7, 11) is 0. The standard InChI is InChI=1S/C8H14N2O3/c9-4-8-5-12-2-1-10(8)7(11)3-13-6-8/h1-6,9H2/t8-/m1/s1. The van der Waals surface area contributed by atoms with Gasteiger partial charge in [0.15, 0.2) is 0 Å². The third-order valence-corrected chi connectivity index (χ3v) is 2.68. The first-order valence-electron chi connectivity index (χ1n) is 4.44. The lowest BCUT2D eigenvalue weighted by molar-refractivity contribution is -0.175. The van der Waals surface area contributed by atoms with Gasteiger partial charge in [-0.3, -0.25) is 4.79 Å². The number of carbonyl (C=O) groups excluding carboxylic acids is 1. The molecular weight excluding hydrogens is 172 g/mol. The molecule has 2 fully saturated rings. The number of hydrogen-bond acceptors (Lipinski definition) is 4. The molecule has 2 aliphatic heterocycles. The van der Waals surface area contributed by atoms with Crippen LogP contribution < -0.4 is 5.73 Å². The highest BCUT2D eigenvalue weighted by Crippen LogP contribution is 2.23. The van der Waals surface area contributed by atoms with Gasteiger partial charge in [-0.15, -0.1) is 0 Å². The molecule has 2 rings (SSSR count). The number of carbonyl (C=O) groups is 1. The molecule has 74 valence electrons. The van der Waals surface area contributed by atoms with Crippen LogP contribution in [0, 0.1) is 0 Å². The summed E-state index contributed by atoms with van der Waals surface area (Å²) in [6.07, 6.45) is 0. The molecule has 2 heterocycles. The van der Waals surface area contributed by atoms with Gasteiger partial charge < -0.3 is 20.1 Å². The second kappa shape index (κ2) is 3.25. The van der Waals surface area contributed by atoms with E-state index in [2.05, 4.69) is 0 Å². The number of rotatable bonds is 1. The van der Waals surface area contributed by atoms with Crippen LogP contribution in [0.4, 0.5) is 0 Å². The summed E-state index contributed by atoms with van der Waals surface area (Å²) in [6.45, 7) is 2.82. The number of ether oxygens (including phenoxy) is 2. The molecule has 0 aliphatic carbocycles. The van der Waals surface area contributed by atoms with Gasteiger partial charge in [-0.25, -0.2) is 0 Å². The third kappa shape index (κ3) is 1.33. The Hall–Kier alpha value is -0.650. The van der Waals surface area contributed by atoms with Crippen molar-refractivity contribution >= 4 is 5.91 Å². The van der Waals surface area contributed by atoms with E-state index in [1.807, 2.05) is 0 Å². The molecule has 1 amide bonds. The van der Waals surface area contributed by atoms with Crippen molar-refractivity contribution in [1.82, 2.24) is 4.90 Å². The minimum atomic E-state index is -0.395. The molecule has 2 N–H and O–H groups in total. The molecule has 2 saturated heterocycles. The molecular formula is C8H14N2O3. The van der Waals surface area contributed by atoms with Crippen LogP contribution in [-0.2, 0) is 14.3 Å². The number of fused-ring (bicyclic) bond motifs is 1. The Bertz CT molecular complexity index is 217. The molecule has 0 bridgehead atoms.